The first-order valence-electron chi connectivity index (χ1n) is 8.83. The van der Waals surface area contributed by atoms with Gasteiger partial charge in [-0.3, -0.25) is 10.1 Å². The van der Waals surface area contributed by atoms with Gasteiger partial charge in [0, 0.05) is 0 Å². The number of aromatic nitrogens is 5. The summed E-state index contributed by atoms with van der Waals surface area (Å²) in [5.74, 6) is -0.489. The summed E-state index contributed by atoms with van der Waals surface area (Å²) in [4.78, 5) is 27.1. The van der Waals surface area contributed by atoms with Crippen molar-refractivity contribution >= 4 is 17.7 Å². The van der Waals surface area contributed by atoms with E-state index in [1.54, 1.807) is 24.9 Å². The van der Waals surface area contributed by atoms with Gasteiger partial charge in [0.15, 0.2) is 6.04 Å². The van der Waals surface area contributed by atoms with Crippen LogP contribution >= 0.6 is 0 Å². The van der Waals surface area contributed by atoms with E-state index in [1.807, 2.05) is 25.1 Å². The lowest BCUT2D eigenvalue weighted by Crippen LogP contribution is -2.27. The lowest BCUT2D eigenvalue weighted by Gasteiger charge is -2.12. The van der Waals surface area contributed by atoms with E-state index < -0.39 is 11.0 Å². The molecule has 10 heteroatoms. The highest BCUT2D eigenvalue weighted by Gasteiger charge is 2.27. The van der Waals surface area contributed by atoms with E-state index in [0.717, 1.165) is 11.1 Å². The molecule has 0 aliphatic rings. The Hall–Kier alpha value is -3.56. The first kappa shape index (κ1) is 19.2. The van der Waals surface area contributed by atoms with Crippen LogP contribution in [0.25, 0.3) is 0 Å². The fourth-order valence-corrected chi connectivity index (χ4v) is 2.96. The highest BCUT2D eigenvalue weighted by atomic mass is 16.6. The Morgan fingerprint density at radius 1 is 1.29 bits per heavy atom. The topological polar surface area (TPSA) is 121 Å². The molecule has 1 unspecified atom stereocenters. The normalized spacial score (nSPS) is 12.0. The summed E-state index contributed by atoms with van der Waals surface area (Å²) < 4.78 is 2.99. The number of amides is 1. The van der Waals surface area contributed by atoms with Crippen LogP contribution in [0.15, 0.2) is 36.7 Å². The molecule has 0 saturated heterocycles. The fraction of sp³-hybridized carbons (Fsp3) is 0.333. The zero-order chi connectivity index (χ0) is 20.3. The predicted octanol–water partition coefficient (Wildman–Crippen LogP) is 2.64. The number of rotatable bonds is 7. The molecule has 0 saturated carbocycles. The first-order chi connectivity index (χ1) is 13.4. The maximum atomic E-state index is 12.7. The molecule has 10 nitrogen and oxygen atoms in total. The molecule has 0 bridgehead atoms. The summed E-state index contributed by atoms with van der Waals surface area (Å²) in [6.45, 7) is 6.03. The second-order valence-electron chi connectivity index (χ2n) is 6.51. The van der Waals surface area contributed by atoms with Gasteiger partial charge in [-0.1, -0.05) is 36.8 Å². The molecule has 0 spiro atoms. The molecule has 2 heterocycles. The minimum atomic E-state index is -0.697. The molecule has 1 aromatic carbocycles. The molecule has 0 fully saturated rings. The Morgan fingerprint density at radius 3 is 2.71 bits per heavy atom. The van der Waals surface area contributed by atoms with Crippen molar-refractivity contribution in [3.8, 4) is 0 Å². The van der Waals surface area contributed by atoms with Crippen molar-refractivity contribution in [2.75, 3.05) is 5.32 Å². The highest BCUT2D eigenvalue weighted by Crippen LogP contribution is 2.20. The predicted molar refractivity (Wildman–Crippen MR) is 102 cm³/mol. The van der Waals surface area contributed by atoms with Gasteiger partial charge in [0.05, 0.1) is 23.4 Å². The van der Waals surface area contributed by atoms with Gasteiger partial charge in [0.1, 0.15) is 6.33 Å². The van der Waals surface area contributed by atoms with Gasteiger partial charge in [-0.2, -0.15) is 4.68 Å². The van der Waals surface area contributed by atoms with Gasteiger partial charge < -0.3 is 10.1 Å². The van der Waals surface area contributed by atoms with Crippen molar-refractivity contribution in [3.05, 3.63) is 63.6 Å². The molecular formula is C18H21N7O3. The zero-order valence-electron chi connectivity index (χ0n) is 15.9. The summed E-state index contributed by atoms with van der Waals surface area (Å²) >= 11 is 0. The molecular weight excluding hydrogens is 362 g/mol. The van der Waals surface area contributed by atoms with Crippen molar-refractivity contribution in [1.82, 2.24) is 24.5 Å². The van der Waals surface area contributed by atoms with E-state index in [0.29, 0.717) is 18.7 Å². The van der Waals surface area contributed by atoms with Crippen LogP contribution in [-0.2, 0) is 11.3 Å². The maximum absolute atomic E-state index is 12.7. The van der Waals surface area contributed by atoms with Gasteiger partial charge in [-0.15, -0.1) is 5.10 Å². The Labute approximate surface area is 161 Å². The van der Waals surface area contributed by atoms with Gasteiger partial charge >= 0.3 is 5.82 Å². The Balaban J connectivity index is 1.71. The number of carbonyl (C=O) groups is 1. The number of carbonyl (C=O) groups excluding carboxylic acids is 1. The molecule has 0 radical (unpaired) electrons. The Kier molecular flexibility index (Phi) is 5.48. The van der Waals surface area contributed by atoms with E-state index >= 15 is 0 Å². The average molecular weight is 383 g/mol. The van der Waals surface area contributed by atoms with Crippen LogP contribution < -0.4 is 5.32 Å². The van der Waals surface area contributed by atoms with Crippen LogP contribution in [0, 0.1) is 24.0 Å². The third-order valence-electron chi connectivity index (χ3n) is 4.28. The Bertz CT molecular complexity index is 1010. The quantitative estimate of drug-likeness (QED) is 0.494. The number of nitrogens with one attached hydrogen (secondary N) is 1. The molecule has 146 valence electrons. The SMILES string of the molecule is CCC(C(=O)Nc1ncn(Cc2cccc(C)c2)n1)n1nc([N+](=O)[O-])cc1C. The van der Waals surface area contributed by atoms with Crippen LogP contribution in [0.3, 0.4) is 0 Å². The number of hydrogen-bond donors (Lipinski definition) is 1. The van der Waals surface area contributed by atoms with E-state index in [4.69, 9.17) is 0 Å². The second-order valence-corrected chi connectivity index (χ2v) is 6.51. The average Bonchev–Trinajstić information content (AvgIpc) is 3.23. The largest absolute Gasteiger partial charge is 0.390 e. The molecule has 0 aliphatic carbocycles. The summed E-state index contributed by atoms with van der Waals surface area (Å²) in [7, 11) is 0. The van der Waals surface area contributed by atoms with Crippen LogP contribution in [0.1, 0.15) is 36.2 Å². The molecule has 28 heavy (non-hydrogen) atoms. The van der Waals surface area contributed by atoms with Crippen molar-refractivity contribution in [1.29, 1.82) is 0 Å². The number of nitro groups is 1. The minimum Gasteiger partial charge on any atom is -0.358 e. The first-order valence-corrected chi connectivity index (χ1v) is 8.83. The molecule has 1 amide bonds. The van der Waals surface area contributed by atoms with Crippen LogP contribution in [-0.4, -0.2) is 35.4 Å². The summed E-state index contributed by atoms with van der Waals surface area (Å²) in [5, 5.41) is 21.8. The van der Waals surface area contributed by atoms with Gasteiger partial charge in [-0.05, 0) is 30.8 Å². The van der Waals surface area contributed by atoms with Crippen LogP contribution in [0.4, 0.5) is 11.8 Å². The zero-order valence-corrected chi connectivity index (χ0v) is 15.9. The summed E-state index contributed by atoms with van der Waals surface area (Å²) in [6.07, 6.45) is 1.96. The second kappa shape index (κ2) is 7.99. The lowest BCUT2D eigenvalue weighted by atomic mass is 10.1. The van der Waals surface area contributed by atoms with Crippen LogP contribution in [0.5, 0.6) is 0 Å². The molecule has 1 atom stereocenters. The summed E-state index contributed by atoms with van der Waals surface area (Å²) in [5.41, 5.74) is 2.76. The number of benzene rings is 1. The van der Waals surface area contributed by atoms with E-state index in [2.05, 4.69) is 26.6 Å². The van der Waals surface area contributed by atoms with E-state index in [1.165, 1.54) is 10.7 Å². The smallest absolute Gasteiger partial charge is 0.358 e. The lowest BCUT2D eigenvalue weighted by molar-refractivity contribution is -0.389. The standard InChI is InChI=1S/C18H21N7O3/c1-4-15(24-13(3)9-16(21-24)25(27)28)17(26)20-18-19-11-23(22-18)10-14-7-5-6-12(2)8-14/h5-9,11,15H,4,10H2,1-3H3,(H,20,22,26). The molecule has 0 aliphatic heterocycles. The molecule has 3 rings (SSSR count). The molecule has 2 aromatic heterocycles. The monoisotopic (exact) mass is 383 g/mol. The van der Waals surface area contributed by atoms with Crippen molar-refractivity contribution in [3.63, 3.8) is 0 Å². The molecule has 3 aromatic rings. The van der Waals surface area contributed by atoms with Gasteiger partial charge in [0.2, 0.25) is 5.95 Å². The third kappa shape index (κ3) is 4.22. The minimum absolute atomic E-state index is 0.176. The van der Waals surface area contributed by atoms with E-state index in [9.17, 15) is 14.9 Å². The van der Waals surface area contributed by atoms with Crippen LogP contribution in [0.2, 0.25) is 0 Å². The van der Waals surface area contributed by atoms with Crippen molar-refractivity contribution in [2.45, 2.75) is 39.8 Å². The number of nitrogens with zero attached hydrogens (tertiary/aromatic N) is 6. The highest BCUT2D eigenvalue weighted by molar-refractivity contribution is 5.92. The third-order valence-corrected chi connectivity index (χ3v) is 4.28. The maximum Gasteiger partial charge on any atom is 0.390 e. The van der Waals surface area contributed by atoms with Gasteiger partial charge in [-0.25, -0.2) is 9.67 Å². The van der Waals surface area contributed by atoms with E-state index in [-0.39, 0.29) is 17.7 Å². The fourth-order valence-electron chi connectivity index (χ4n) is 2.96. The number of aryl methyl sites for hydroxylation is 2. The molecule has 1 N–H and O–H groups in total. The number of anilines is 1. The van der Waals surface area contributed by atoms with Gasteiger partial charge in [0.25, 0.3) is 5.91 Å². The number of hydrogen-bond acceptors (Lipinski definition) is 6. The van der Waals surface area contributed by atoms with Crippen molar-refractivity contribution in [2.24, 2.45) is 0 Å². The van der Waals surface area contributed by atoms with Crippen molar-refractivity contribution < 1.29 is 9.72 Å². The summed E-state index contributed by atoms with van der Waals surface area (Å²) in [6, 6.07) is 8.68. The Morgan fingerprint density at radius 2 is 2.07 bits per heavy atom.